The van der Waals surface area contributed by atoms with Crippen LogP contribution in [0.3, 0.4) is 0 Å². The minimum absolute atomic E-state index is 0.0201. The molecule has 150 valence electrons. The van der Waals surface area contributed by atoms with E-state index < -0.39 is 11.4 Å². The number of rotatable bonds is 2. The monoisotopic (exact) mass is 451 g/mol. The molecule has 0 saturated carbocycles. The lowest BCUT2D eigenvalue weighted by Crippen LogP contribution is -2.50. The van der Waals surface area contributed by atoms with Crippen LogP contribution in [0.15, 0.2) is 34.9 Å². The molecule has 2 aromatic rings. The molecular weight excluding hydrogens is 429 g/mol. The quantitative estimate of drug-likeness (QED) is 0.731. The van der Waals surface area contributed by atoms with Crippen LogP contribution in [0.4, 0.5) is 15.0 Å². The molecule has 8 heteroatoms. The molecule has 0 aliphatic carbocycles. The average molecular weight is 452 g/mol. The first-order valence-corrected chi connectivity index (χ1v) is 9.80. The molecule has 0 bridgehead atoms. The Labute approximate surface area is 172 Å². The highest BCUT2D eigenvalue weighted by atomic mass is 79.9. The second-order valence-corrected chi connectivity index (χ2v) is 8.50. The third-order valence-corrected chi connectivity index (χ3v) is 4.94. The summed E-state index contributed by atoms with van der Waals surface area (Å²) < 4.78 is 19.5. The molecule has 0 atom stereocenters. The van der Waals surface area contributed by atoms with Gasteiger partial charge in [0, 0.05) is 37.9 Å². The van der Waals surface area contributed by atoms with Gasteiger partial charge in [0.15, 0.2) is 0 Å². The zero-order valence-electron chi connectivity index (χ0n) is 16.1. The van der Waals surface area contributed by atoms with E-state index in [2.05, 4.69) is 25.8 Å². The molecule has 2 heterocycles. The summed E-state index contributed by atoms with van der Waals surface area (Å²) in [7, 11) is 0. The zero-order chi connectivity index (χ0) is 20.5. The van der Waals surface area contributed by atoms with E-state index in [-0.39, 0.29) is 11.8 Å². The lowest BCUT2D eigenvalue weighted by Gasteiger charge is -2.36. The van der Waals surface area contributed by atoms with E-state index in [9.17, 15) is 14.3 Å². The van der Waals surface area contributed by atoms with E-state index in [1.807, 2.05) is 26.8 Å². The molecule has 6 nitrogen and oxygen atoms in total. The number of carbonyl (C=O) groups is 1. The van der Waals surface area contributed by atoms with Gasteiger partial charge < -0.3 is 19.6 Å². The smallest absolute Gasteiger partial charge is 0.410 e. The van der Waals surface area contributed by atoms with E-state index in [0.717, 1.165) is 0 Å². The highest BCUT2D eigenvalue weighted by molar-refractivity contribution is 9.10. The van der Waals surface area contributed by atoms with Crippen LogP contribution in [0.5, 0.6) is 5.75 Å². The molecule has 1 saturated heterocycles. The van der Waals surface area contributed by atoms with Gasteiger partial charge in [-0.3, -0.25) is 0 Å². The number of carbonyl (C=O) groups excluding carboxylic acids is 1. The molecule has 1 aliphatic heterocycles. The molecule has 1 aromatic heterocycles. The normalized spacial score (nSPS) is 14.9. The predicted octanol–water partition coefficient (Wildman–Crippen LogP) is 4.41. The molecule has 3 rings (SSSR count). The van der Waals surface area contributed by atoms with E-state index in [0.29, 0.717) is 47.6 Å². The summed E-state index contributed by atoms with van der Waals surface area (Å²) >= 11 is 3.16. The number of ether oxygens (including phenoxy) is 1. The number of phenolic OH excluding ortho intramolecular Hbond substituents is 1. The van der Waals surface area contributed by atoms with E-state index in [1.54, 1.807) is 17.2 Å². The summed E-state index contributed by atoms with van der Waals surface area (Å²) in [5, 5.41) is 10.3. The summed E-state index contributed by atoms with van der Waals surface area (Å²) in [5.41, 5.74) is 0.533. The van der Waals surface area contributed by atoms with Gasteiger partial charge in [0.25, 0.3) is 0 Å². The Morgan fingerprint density at radius 1 is 1.21 bits per heavy atom. The number of pyridine rings is 1. The Bertz CT molecular complexity index is 877. The summed E-state index contributed by atoms with van der Waals surface area (Å²) in [6.45, 7) is 7.79. The lowest BCUT2D eigenvalue weighted by molar-refractivity contribution is 0.0240. The highest BCUT2D eigenvalue weighted by Crippen LogP contribution is 2.37. The van der Waals surface area contributed by atoms with Gasteiger partial charge in [0.1, 0.15) is 23.0 Å². The Morgan fingerprint density at radius 3 is 2.54 bits per heavy atom. The summed E-state index contributed by atoms with van der Waals surface area (Å²) in [6.07, 6.45) is 1.31. The van der Waals surface area contributed by atoms with Crippen LogP contribution in [-0.2, 0) is 4.74 Å². The number of aromatic nitrogens is 1. The predicted molar refractivity (Wildman–Crippen MR) is 109 cm³/mol. The molecule has 0 spiro atoms. The number of aromatic hydroxyl groups is 1. The maximum Gasteiger partial charge on any atom is 0.410 e. The van der Waals surface area contributed by atoms with Crippen molar-refractivity contribution < 1.29 is 19.0 Å². The zero-order valence-corrected chi connectivity index (χ0v) is 17.7. The van der Waals surface area contributed by atoms with E-state index >= 15 is 0 Å². The standard InChI is InChI=1S/C20H23BrFN3O3/c1-20(2,3)28-19(27)25-8-6-24(7-9-25)17-10-13(4-5-23-17)15-11-14(22)12-16(21)18(15)26/h4-5,10-12,26H,6-9H2,1-3H3. The van der Waals surface area contributed by atoms with Gasteiger partial charge in [0.2, 0.25) is 0 Å². The van der Waals surface area contributed by atoms with Crippen molar-refractivity contribution in [2.45, 2.75) is 26.4 Å². The SMILES string of the molecule is CC(C)(C)OC(=O)N1CCN(c2cc(-c3cc(F)cc(Br)c3O)ccn2)CC1. The molecule has 1 amide bonds. The Kier molecular flexibility index (Phi) is 5.79. The lowest BCUT2D eigenvalue weighted by atomic mass is 10.1. The fourth-order valence-electron chi connectivity index (χ4n) is 2.99. The molecule has 1 aromatic carbocycles. The Morgan fingerprint density at radius 2 is 1.89 bits per heavy atom. The van der Waals surface area contributed by atoms with Gasteiger partial charge >= 0.3 is 6.09 Å². The van der Waals surface area contributed by atoms with Crippen LogP contribution >= 0.6 is 15.9 Å². The number of nitrogens with zero attached hydrogens (tertiary/aromatic N) is 3. The van der Waals surface area contributed by atoms with Crippen LogP contribution in [0, 0.1) is 5.82 Å². The van der Waals surface area contributed by atoms with Gasteiger partial charge in [0.05, 0.1) is 4.47 Å². The van der Waals surface area contributed by atoms with Gasteiger partial charge in [-0.2, -0.15) is 0 Å². The van der Waals surface area contributed by atoms with Crippen molar-refractivity contribution in [1.29, 1.82) is 0 Å². The molecule has 1 fully saturated rings. The van der Waals surface area contributed by atoms with Crippen LogP contribution in [0.1, 0.15) is 20.8 Å². The van der Waals surface area contributed by atoms with Crippen molar-refractivity contribution in [2.24, 2.45) is 0 Å². The first kappa shape index (κ1) is 20.4. The van der Waals surface area contributed by atoms with E-state index in [1.165, 1.54) is 12.1 Å². The Hall–Kier alpha value is -2.35. The topological polar surface area (TPSA) is 65.9 Å². The van der Waals surface area contributed by atoms with Crippen LogP contribution in [0.2, 0.25) is 0 Å². The third-order valence-electron chi connectivity index (χ3n) is 4.34. The van der Waals surface area contributed by atoms with E-state index in [4.69, 9.17) is 4.74 Å². The largest absolute Gasteiger partial charge is 0.506 e. The summed E-state index contributed by atoms with van der Waals surface area (Å²) in [4.78, 5) is 20.3. The van der Waals surface area contributed by atoms with Gasteiger partial charge in [-0.25, -0.2) is 14.2 Å². The Balaban J connectivity index is 1.73. The van der Waals surface area contributed by atoms with Crippen molar-refractivity contribution in [2.75, 3.05) is 31.1 Å². The van der Waals surface area contributed by atoms with Crippen molar-refractivity contribution in [3.63, 3.8) is 0 Å². The minimum atomic E-state index is -0.522. The fourth-order valence-corrected chi connectivity index (χ4v) is 3.42. The third kappa shape index (κ3) is 4.73. The van der Waals surface area contributed by atoms with Crippen LogP contribution < -0.4 is 4.90 Å². The van der Waals surface area contributed by atoms with Gasteiger partial charge in [-0.15, -0.1) is 0 Å². The van der Waals surface area contributed by atoms with Crippen molar-refractivity contribution in [1.82, 2.24) is 9.88 Å². The number of halogens is 2. The molecular formula is C20H23BrFN3O3. The molecule has 28 heavy (non-hydrogen) atoms. The highest BCUT2D eigenvalue weighted by Gasteiger charge is 2.26. The number of piperazine rings is 1. The first-order chi connectivity index (χ1) is 13.1. The second-order valence-electron chi connectivity index (χ2n) is 7.64. The minimum Gasteiger partial charge on any atom is -0.506 e. The van der Waals surface area contributed by atoms with Crippen LogP contribution in [0.25, 0.3) is 11.1 Å². The fraction of sp³-hybridized carbons (Fsp3) is 0.400. The average Bonchev–Trinajstić information content (AvgIpc) is 2.63. The number of anilines is 1. The number of hydrogen-bond acceptors (Lipinski definition) is 5. The number of benzene rings is 1. The summed E-state index contributed by atoms with van der Waals surface area (Å²) in [6, 6.07) is 6.04. The summed E-state index contributed by atoms with van der Waals surface area (Å²) in [5.74, 6) is 0.249. The van der Waals surface area contributed by atoms with Crippen LogP contribution in [-0.4, -0.2) is 52.9 Å². The second kappa shape index (κ2) is 7.95. The molecule has 1 N–H and O–H groups in total. The van der Waals surface area contributed by atoms with Crippen molar-refractivity contribution in [3.05, 3.63) is 40.8 Å². The maximum absolute atomic E-state index is 13.8. The molecule has 1 aliphatic rings. The van der Waals surface area contributed by atoms with Crippen molar-refractivity contribution in [3.8, 4) is 16.9 Å². The molecule has 0 radical (unpaired) electrons. The van der Waals surface area contributed by atoms with Gasteiger partial charge in [-0.05, 0) is 66.5 Å². The first-order valence-electron chi connectivity index (χ1n) is 9.01. The number of phenols is 1. The van der Waals surface area contributed by atoms with Gasteiger partial charge in [-0.1, -0.05) is 0 Å². The van der Waals surface area contributed by atoms with Crippen molar-refractivity contribution >= 4 is 27.8 Å². The number of hydrogen-bond donors (Lipinski definition) is 1. The number of amides is 1. The maximum atomic E-state index is 13.8. The molecule has 0 unspecified atom stereocenters.